The molecule has 0 aliphatic heterocycles. The van der Waals surface area contributed by atoms with Crippen molar-refractivity contribution in [3.63, 3.8) is 0 Å². The van der Waals surface area contributed by atoms with E-state index >= 15 is 0 Å². The number of carbonyl (C=O) groups excluding carboxylic acids is 1. The van der Waals surface area contributed by atoms with Gasteiger partial charge in [-0.05, 0) is 55.7 Å². The molecule has 0 unspecified atom stereocenters. The number of benzene rings is 2. The van der Waals surface area contributed by atoms with E-state index in [4.69, 9.17) is 0 Å². The molecule has 0 aliphatic carbocycles. The van der Waals surface area contributed by atoms with Gasteiger partial charge >= 0.3 is 0 Å². The molecule has 1 aromatic heterocycles. The summed E-state index contributed by atoms with van der Waals surface area (Å²) in [5, 5.41) is 2.97. The highest BCUT2D eigenvalue weighted by Gasteiger charge is 2.13. The lowest BCUT2D eigenvalue weighted by Crippen LogP contribution is -2.13. The third kappa shape index (κ3) is 2.52. The number of amides is 1. The van der Waals surface area contributed by atoms with Gasteiger partial charge in [0.2, 0.25) is 0 Å². The second kappa shape index (κ2) is 5.26. The van der Waals surface area contributed by atoms with Gasteiger partial charge in [-0.1, -0.05) is 12.1 Å². The number of fused-ring (bicyclic) bond motifs is 1. The third-order valence-corrected chi connectivity index (χ3v) is 4.19. The van der Waals surface area contributed by atoms with Gasteiger partial charge in [0.05, 0.1) is 17.4 Å². The van der Waals surface area contributed by atoms with E-state index in [1.807, 2.05) is 51.1 Å². The maximum atomic E-state index is 12.4. The van der Waals surface area contributed by atoms with E-state index in [1.165, 1.54) is 5.56 Å². The van der Waals surface area contributed by atoms with Crippen LogP contribution in [0.15, 0.2) is 30.3 Å². The highest BCUT2D eigenvalue weighted by Crippen LogP contribution is 2.26. The summed E-state index contributed by atoms with van der Waals surface area (Å²) in [5.74, 6) is -0.123. The van der Waals surface area contributed by atoms with Crippen LogP contribution in [0.3, 0.4) is 0 Å². The van der Waals surface area contributed by atoms with Crippen molar-refractivity contribution in [2.24, 2.45) is 0 Å². The van der Waals surface area contributed by atoms with Gasteiger partial charge in [-0.2, -0.15) is 8.75 Å². The van der Waals surface area contributed by atoms with Crippen LogP contribution in [0.1, 0.15) is 27.0 Å². The molecule has 0 bridgehead atoms. The summed E-state index contributed by atoms with van der Waals surface area (Å²) in [6.45, 7) is 5.99. The molecule has 3 aromatic rings. The molecule has 1 amide bonds. The summed E-state index contributed by atoms with van der Waals surface area (Å²) in [5.41, 5.74) is 6.20. The highest BCUT2D eigenvalue weighted by atomic mass is 32.1. The average molecular weight is 297 g/mol. The Labute approximate surface area is 127 Å². The zero-order valence-electron chi connectivity index (χ0n) is 12.1. The molecule has 1 N–H and O–H groups in total. The largest absolute Gasteiger partial charge is 0.320 e. The fourth-order valence-electron chi connectivity index (χ4n) is 2.18. The second-order valence-corrected chi connectivity index (χ2v) is 5.67. The van der Waals surface area contributed by atoms with Gasteiger partial charge in [0.25, 0.3) is 5.91 Å². The topological polar surface area (TPSA) is 54.9 Å². The Balaban J connectivity index is 1.98. The van der Waals surface area contributed by atoms with Crippen LogP contribution in [-0.4, -0.2) is 14.7 Å². The Kier molecular flexibility index (Phi) is 3.43. The van der Waals surface area contributed by atoms with Crippen molar-refractivity contribution in [2.45, 2.75) is 20.8 Å². The Morgan fingerprint density at radius 3 is 2.52 bits per heavy atom. The van der Waals surface area contributed by atoms with E-state index in [2.05, 4.69) is 14.1 Å². The van der Waals surface area contributed by atoms with E-state index in [-0.39, 0.29) is 5.91 Å². The van der Waals surface area contributed by atoms with E-state index < -0.39 is 0 Å². The van der Waals surface area contributed by atoms with Gasteiger partial charge in [0.15, 0.2) is 0 Å². The van der Waals surface area contributed by atoms with E-state index in [1.54, 1.807) is 0 Å². The summed E-state index contributed by atoms with van der Waals surface area (Å²) in [7, 11) is 0. The molecule has 5 heteroatoms. The molecule has 106 valence electrons. The van der Waals surface area contributed by atoms with Crippen molar-refractivity contribution in [3.05, 3.63) is 52.6 Å². The minimum absolute atomic E-state index is 0.123. The lowest BCUT2D eigenvalue weighted by molar-refractivity contribution is 0.102. The monoisotopic (exact) mass is 297 g/mol. The number of aromatic nitrogens is 2. The van der Waals surface area contributed by atoms with Crippen LogP contribution in [0.2, 0.25) is 0 Å². The van der Waals surface area contributed by atoms with Gasteiger partial charge in [0, 0.05) is 5.56 Å². The van der Waals surface area contributed by atoms with Crippen molar-refractivity contribution in [2.75, 3.05) is 5.32 Å². The first-order valence-electron chi connectivity index (χ1n) is 6.67. The summed E-state index contributed by atoms with van der Waals surface area (Å²) in [4.78, 5) is 12.4. The van der Waals surface area contributed by atoms with Crippen LogP contribution in [-0.2, 0) is 0 Å². The fraction of sp³-hybridized carbons (Fsp3) is 0.188. The molecule has 0 fully saturated rings. The number of hydrogen-bond donors (Lipinski definition) is 1. The van der Waals surface area contributed by atoms with Gasteiger partial charge in [0.1, 0.15) is 11.0 Å². The molecule has 1 heterocycles. The summed E-state index contributed by atoms with van der Waals surface area (Å²) >= 11 is 1.15. The van der Waals surface area contributed by atoms with Crippen LogP contribution >= 0.6 is 11.7 Å². The fourth-order valence-corrected chi connectivity index (χ4v) is 2.72. The molecule has 2 aromatic carbocycles. The maximum absolute atomic E-state index is 12.4. The molecule has 4 nitrogen and oxygen atoms in total. The lowest BCUT2D eigenvalue weighted by atomic mass is 10.1. The van der Waals surface area contributed by atoms with Crippen molar-refractivity contribution in [3.8, 4) is 0 Å². The quantitative estimate of drug-likeness (QED) is 0.781. The standard InChI is InChI=1S/C16H15N3OS/c1-9-4-6-12(8-11(9)3)16(20)17-14-10(2)5-7-13-15(14)19-21-18-13/h4-8H,1-3H3,(H,17,20). The number of rotatable bonds is 2. The smallest absolute Gasteiger partial charge is 0.255 e. The second-order valence-electron chi connectivity index (χ2n) is 5.14. The van der Waals surface area contributed by atoms with Crippen LogP contribution in [0.4, 0.5) is 5.69 Å². The van der Waals surface area contributed by atoms with Crippen LogP contribution < -0.4 is 5.32 Å². The SMILES string of the molecule is Cc1ccc(C(=O)Nc2c(C)ccc3nsnc23)cc1C. The minimum atomic E-state index is -0.123. The minimum Gasteiger partial charge on any atom is -0.320 e. The molecule has 21 heavy (non-hydrogen) atoms. The molecule has 0 aliphatic rings. The van der Waals surface area contributed by atoms with Crippen molar-refractivity contribution >= 4 is 34.4 Å². The number of carbonyl (C=O) groups is 1. The van der Waals surface area contributed by atoms with Gasteiger partial charge in [-0.15, -0.1) is 0 Å². The van der Waals surface area contributed by atoms with Crippen molar-refractivity contribution < 1.29 is 4.79 Å². The molecular weight excluding hydrogens is 282 g/mol. The highest BCUT2D eigenvalue weighted by molar-refractivity contribution is 7.00. The van der Waals surface area contributed by atoms with E-state index in [0.29, 0.717) is 5.56 Å². The molecule has 0 saturated heterocycles. The van der Waals surface area contributed by atoms with Crippen molar-refractivity contribution in [1.29, 1.82) is 0 Å². The Morgan fingerprint density at radius 2 is 1.76 bits per heavy atom. The van der Waals surface area contributed by atoms with E-state index in [9.17, 15) is 4.79 Å². The van der Waals surface area contributed by atoms with E-state index in [0.717, 1.165) is 39.6 Å². The zero-order chi connectivity index (χ0) is 15.0. The zero-order valence-corrected chi connectivity index (χ0v) is 12.9. The Bertz CT molecular complexity index is 839. The number of aryl methyl sites for hydroxylation is 3. The lowest BCUT2D eigenvalue weighted by Gasteiger charge is -2.10. The predicted octanol–water partition coefficient (Wildman–Crippen LogP) is 3.87. The number of nitrogens with zero attached hydrogens (tertiary/aromatic N) is 2. The van der Waals surface area contributed by atoms with Gasteiger partial charge in [-0.25, -0.2) is 0 Å². The van der Waals surface area contributed by atoms with Crippen LogP contribution in [0, 0.1) is 20.8 Å². The first-order chi connectivity index (χ1) is 10.1. The Hall–Kier alpha value is -2.27. The van der Waals surface area contributed by atoms with Gasteiger partial charge < -0.3 is 5.32 Å². The molecule has 3 rings (SSSR count). The normalized spacial score (nSPS) is 10.8. The first-order valence-corrected chi connectivity index (χ1v) is 7.40. The van der Waals surface area contributed by atoms with Crippen molar-refractivity contribution in [1.82, 2.24) is 8.75 Å². The molecule has 0 radical (unpaired) electrons. The number of anilines is 1. The number of hydrogen-bond acceptors (Lipinski definition) is 4. The van der Waals surface area contributed by atoms with Crippen LogP contribution in [0.5, 0.6) is 0 Å². The summed E-state index contributed by atoms with van der Waals surface area (Å²) in [6, 6.07) is 9.56. The predicted molar refractivity (Wildman–Crippen MR) is 86.0 cm³/mol. The van der Waals surface area contributed by atoms with Crippen LogP contribution in [0.25, 0.3) is 11.0 Å². The first kappa shape index (κ1) is 13.7. The third-order valence-electron chi connectivity index (χ3n) is 3.64. The van der Waals surface area contributed by atoms with Gasteiger partial charge in [-0.3, -0.25) is 4.79 Å². The molecule has 0 spiro atoms. The average Bonchev–Trinajstić information content (AvgIpc) is 2.93. The molecule has 0 atom stereocenters. The maximum Gasteiger partial charge on any atom is 0.255 e. The Morgan fingerprint density at radius 1 is 1.00 bits per heavy atom. The number of nitrogens with one attached hydrogen (secondary N) is 1. The molecular formula is C16H15N3OS. The summed E-state index contributed by atoms with van der Waals surface area (Å²) < 4.78 is 8.48. The summed E-state index contributed by atoms with van der Waals surface area (Å²) in [6.07, 6.45) is 0. The molecule has 0 saturated carbocycles.